The van der Waals surface area contributed by atoms with Gasteiger partial charge in [0.1, 0.15) is 5.92 Å². The molecule has 0 bridgehead atoms. The van der Waals surface area contributed by atoms with E-state index in [0.717, 1.165) is 5.56 Å². The van der Waals surface area contributed by atoms with Gasteiger partial charge < -0.3 is 10.2 Å². The fourth-order valence-electron chi connectivity index (χ4n) is 2.99. The summed E-state index contributed by atoms with van der Waals surface area (Å²) in [5, 5.41) is 3.74. The highest BCUT2D eigenvalue weighted by molar-refractivity contribution is 6.47. The van der Waals surface area contributed by atoms with Gasteiger partial charge in [0.25, 0.3) is 5.91 Å². The molecule has 140 valence electrons. The van der Waals surface area contributed by atoms with Crippen LogP contribution in [-0.2, 0) is 20.8 Å². The molecule has 0 radical (unpaired) electrons. The van der Waals surface area contributed by atoms with Crippen LogP contribution in [0.3, 0.4) is 0 Å². The number of nitrogens with zero attached hydrogens (tertiary/aromatic N) is 1. The lowest BCUT2D eigenvalue weighted by Crippen LogP contribution is -2.36. The smallest absolute Gasteiger partial charge is 0.295 e. The molecule has 5 nitrogen and oxygen atoms in total. The molecule has 0 saturated carbocycles. The van der Waals surface area contributed by atoms with E-state index in [2.05, 4.69) is 5.32 Å². The first-order valence-corrected chi connectivity index (χ1v) is 9.35. The van der Waals surface area contributed by atoms with E-state index in [-0.39, 0.29) is 6.54 Å². The van der Waals surface area contributed by atoms with E-state index in [1.54, 1.807) is 36.4 Å². The zero-order valence-electron chi connectivity index (χ0n) is 14.5. The number of carbonyl (C=O) groups excluding carboxylic acids is 3. The van der Waals surface area contributed by atoms with Crippen molar-refractivity contribution in [3.05, 3.63) is 64.1 Å². The number of hydrogen-bond acceptors (Lipinski definition) is 3. The number of para-hydroxylation sites is 1. The highest BCUT2D eigenvalue weighted by Gasteiger charge is 2.43. The fourth-order valence-corrected chi connectivity index (χ4v) is 3.31. The standard InChI is InChI=1S/C20H18Cl2N2O3/c21-16-9-8-13(11-17(16)22)5-4-10-23-19(26)15-12-24(20(27)18(15)25)14-6-2-1-3-7-14/h1-3,6-9,11,15H,4-5,10,12H2,(H,23,26). The predicted octanol–water partition coefficient (Wildman–Crippen LogP) is 3.27. The maximum Gasteiger partial charge on any atom is 0.295 e. The summed E-state index contributed by atoms with van der Waals surface area (Å²) in [5.41, 5.74) is 1.63. The first-order chi connectivity index (χ1) is 13.0. The predicted molar refractivity (Wildman–Crippen MR) is 105 cm³/mol. The van der Waals surface area contributed by atoms with Crippen molar-refractivity contribution in [2.75, 3.05) is 18.0 Å². The Labute approximate surface area is 167 Å². The van der Waals surface area contributed by atoms with Crippen LogP contribution >= 0.6 is 23.2 Å². The van der Waals surface area contributed by atoms with E-state index in [1.165, 1.54) is 4.90 Å². The Morgan fingerprint density at radius 3 is 2.52 bits per heavy atom. The summed E-state index contributed by atoms with van der Waals surface area (Å²) >= 11 is 11.9. The molecule has 1 atom stereocenters. The summed E-state index contributed by atoms with van der Waals surface area (Å²) in [4.78, 5) is 38.0. The number of ketones is 1. The van der Waals surface area contributed by atoms with Gasteiger partial charge >= 0.3 is 0 Å². The Bertz CT molecular complexity index is 871. The van der Waals surface area contributed by atoms with Gasteiger partial charge in [-0.2, -0.15) is 0 Å². The van der Waals surface area contributed by atoms with Gasteiger partial charge in [-0.15, -0.1) is 0 Å². The Morgan fingerprint density at radius 1 is 1.07 bits per heavy atom. The lowest BCUT2D eigenvalue weighted by Gasteiger charge is -2.15. The minimum absolute atomic E-state index is 0.0697. The number of benzene rings is 2. The highest BCUT2D eigenvalue weighted by Crippen LogP contribution is 2.24. The van der Waals surface area contributed by atoms with Gasteiger partial charge in [0.05, 0.1) is 10.0 Å². The zero-order chi connectivity index (χ0) is 19.4. The van der Waals surface area contributed by atoms with Crippen molar-refractivity contribution < 1.29 is 14.4 Å². The molecule has 1 N–H and O–H groups in total. The molecule has 2 aromatic carbocycles. The number of Topliss-reactive ketones (excluding diaryl/α,β-unsaturated/α-hetero) is 1. The van der Waals surface area contributed by atoms with E-state index in [9.17, 15) is 14.4 Å². The average Bonchev–Trinajstić information content (AvgIpc) is 2.97. The third kappa shape index (κ3) is 4.49. The number of halogens is 2. The summed E-state index contributed by atoms with van der Waals surface area (Å²) in [7, 11) is 0. The number of nitrogens with one attached hydrogen (secondary N) is 1. The minimum Gasteiger partial charge on any atom is -0.355 e. The van der Waals surface area contributed by atoms with Gasteiger partial charge in [-0.1, -0.05) is 47.5 Å². The first kappa shape index (κ1) is 19.4. The van der Waals surface area contributed by atoms with Crippen LogP contribution in [0.1, 0.15) is 12.0 Å². The second-order valence-corrected chi connectivity index (χ2v) is 7.13. The molecule has 0 aromatic heterocycles. The third-order valence-corrected chi connectivity index (χ3v) is 5.19. The molecule has 0 aliphatic carbocycles. The van der Waals surface area contributed by atoms with Crippen LogP contribution in [0.25, 0.3) is 0 Å². The van der Waals surface area contributed by atoms with E-state index in [1.807, 2.05) is 12.1 Å². The first-order valence-electron chi connectivity index (χ1n) is 8.60. The van der Waals surface area contributed by atoms with Crippen LogP contribution in [0.5, 0.6) is 0 Å². The molecule has 1 fully saturated rings. The SMILES string of the molecule is O=C(NCCCc1ccc(Cl)c(Cl)c1)C1CN(c2ccccc2)C(=O)C1=O. The number of hydrogen-bond donors (Lipinski definition) is 1. The van der Waals surface area contributed by atoms with Gasteiger partial charge in [-0.25, -0.2) is 0 Å². The number of rotatable bonds is 6. The maximum absolute atomic E-state index is 12.3. The van der Waals surface area contributed by atoms with Gasteiger partial charge in [0, 0.05) is 18.8 Å². The summed E-state index contributed by atoms with van der Waals surface area (Å²) in [5.74, 6) is -2.69. The summed E-state index contributed by atoms with van der Waals surface area (Å²) in [6.45, 7) is 0.475. The molecule has 2 aromatic rings. The van der Waals surface area contributed by atoms with E-state index in [0.29, 0.717) is 35.1 Å². The molecular formula is C20H18Cl2N2O3. The Hall–Kier alpha value is -2.37. The Morgan fingerprint density at radius 2 is 1.81 bits per heavy atom. The van der Waals surface area contributed by atoms with Crippen molar-refractivity contribution in [3.63, 3.8) is 0 Å². The Kier molecular flexibility index (Phi) is 6.14. The second-order valence-electron chi connectivity index (χ2n) is 6.31. The van der Waals surface area contributed by atoms with Gasteiger partial charge in [-0.3, -0.25) is 14.4 Å². The minimum atomic E-state index is -0.970. The lowest BCUT2D eigenvalue weighted by molar-refractivity contribution is -0.139. The molecule has 2 amide bonds. The maximum atomic E-state index is 12.3. The topological polar surface area (TPSA) is 66.5 Å². The molecule has 1 unspecified atom stereocenters. The summed E-state index contributed by atoms with van der Waals surface area (Å²) in [6.07, 6.45) is 1.39. The monoisotopic (exact) mass is 404 g/mol. The molecule has 1 aliphatic heterocycles. The molecule has 27 heavy (non-hydrogen) atoms. The van der Waals surface area contributed by atoms with Crippen LogP contribution < -0.4 is 10.2 Å². The van der Waals surface area contributed by atoms with Crippen molar-refractivity contribution >= 4 is 46.5 Å². The van der Waals surface area contributed by atoms with Gasteiger partial charge in [0.15, 0.2) is 0 Å². The van der Waals surface area contributed by atoms with Crippen molar-refractivity contribution in [2.24, 2.45) is 5.92 Å². The van der Waals surface area contributed by atoms with Gasteiger partial charge in [0.2, 0.25) is 11.7 Å². The molecule has 0 spiro atoms. The van der Waals surface area contributed by atoms with E-state index >= 15 is 0 Å². The summed E-state index contributed by atoms with van der Waals surface area (Å²) < 4.78 is 0. The number of amides is 2. The van der Waals surface area contributed by atoms with Crippen LogP contribution in [-0.4, -0.2) is 30.7 Å². The van der Waals surface area contributed by atoms with Crippen LogP contribution in [0, 0.1) is 5.92 Å². The largest absolute Gasteiger partial charge is 0.355 e. The van der Waals surface area contributed by atoms with E-state index in [4.69, 9.17) is 23.2 Å². The van der Waals surface area contributed by atoms with E-state index < -0.39 is 23.5 Å². The highest BCUT2D eigenvalue weighted by atomic mass is 35.5. The molecule has 3 rings (SSSR count). The Balaban J connectivity index is 1.51. The average molecular weight is 405 g/mol. The third-order valence-electron chi connectivity index (χ3n) is 4.45. The number of aryl methyl sites for hydroxylation is 1. The molecule has 1 aliphatic rings. The van der Waals surface area contributed by atoms with Crippen molar-refractivity contribution in [3.8, 4) is 0 Å². The fraction of sp³-hybridized carbons (Fsp3) is 0.250. The lowest BCUT2D eigenvalue weighted by atomic mass is 10.1. The van der Waals surface area contributed by atoms with Crippen molar-refractivity contribution in [2.45, 2.75) is 12.8 Å². The normalized spacial score (nSPS) is 16.7. The number of carbonyl (C=O) groups is 3. The molecule has 7 heteroatoms. The second kappa shape index (κ2) is 8.55. The molecular weight excluding hydrogens is 387 g/mol. The molecule has 1 heterocycles. The quantitative estimate of drug-likeness (QED) is 0.456. The zero-order valence-corrected chi connectivity index (χ0v) is 16.0. The van der Waals surface area contributed by atoms with Crippen LogP contribution in [0.2, 0.25) is 10.0 Å². The van der Waals surface area contributed by atoms with Crippen LogP contribution in [0.4, 0.5) is 5.69 Å². The van der Waals surface area contributed by atoms with Crippen molar-refractivity contribution in [1.82, 2.24) is 5.32 Å². The summed E-state index contributed by atoms with van der Waals surface area (Å²) in [6, 6.07) is 14.3. The van der Waals surface area contributed by atoms with Gasteiger partial charge in [-0.05, 0) is 42.7 Å². The van der Waals surface area contributed by atoms with Crippen LogP contribution in [0.15, 0.2) is 48.5 Å². The molecule has 1 saturated heterocycles. The van der Waals surface area contributed by atoms with Crippen molar-refractivity contribution in [1.29, 1.82) is 0 Å². The number of anilines is 1.